The number of Topliss-reactive ketones (excluding diaryl/α,β-unsaturated/α-hetero) is 1. The van der Waals surface area contributed by atoms with Gasteiger partial charge in [0, 0.05) is 22.9 Å². The minimum atomic E-state index is -2.57. The fraction of sp³-hybridized carbons (Fsp3) is 0.480. The Morgan fingerprint density at radius 1 is 0.966 bits per heavy atom. The smallest absolute Gasteiger partial charge is 0.261 e. The van der Waals surface area contributed by atoms with Crippen LogP contribution in [0.4, 0.5) is 0 Å². The fourth-order valence-electron chi connectivity index (χ4n) is 4.58. The van der Waals surface area contributed by atoms with Crippen molar-refractivity contribution in [3.05, 3.63) is 60.7 Å². The molecule has 2 aromatic carbocycles. The Morgan fingerprint density at radius 3 is 2.03 bits per heavy atom. The lowest BCUT2D eigenvalue weighted by Gasteiger charge is -2.43. The van der Waals surface area contributed by atoms with Crippen LogP contribution in [-0.2, 0) is 9.22 Å². The van der Waals surface area contributed by atoms with Crippen molar-refractivity contribution in [3.63, 3.8) is 0 Å². The summed E-state index contributed by atoms with van der Waals surface area (Å²) in [4.78, 5) is 12.9. The molecule has 0 saturated heterocycles. The Kier molecular flexibility index (Phi) is 7.73. The molecule has 1 fully saturated rings. The van der Waals surface area contributed by atoms with Crippen molar-refractivity contribution in [1.82, 2.24) is 0 Å². The third-order valence-corrected chi connectivity index (χ3v) is 12.2. The summed E-state index contributed by atoms with van der Waals surface area (Å²) in [7, 11) is -2.57. The number of hydrogen-bond acceptors (Lipinski definition) is 2. The zero-order chi connectivity index (χ0) is 20.9. The van der Waals surface area contributed by atoms with Gasteiger partial charge in [0.2, 0.25) is 0 Å². The molecule has 1 aliphatic carbocycles. The number of carbonyl (C=O) groups is 1. The summed E-state index contributed by atoms with van der Waals surface area (Å²) in [5.74, 6) is 0.406. The molecule has 0 heterocycles. The normalized spacial score (nSPS) is 21.4. The van der Waals surface area contributed by atoms with Crippen LogP contribution in [0.3, 0.4) is 0 Å². The number of carbonyl (C=O) groups excluding carboxylic acids is 1. The van der Waals surface area contributed by atoms with Crippen molar-refractivity contribution in [2.45, 2.75) is 61.8 Å². The summed E-state index contributed by atoms with van der Waals surface area (Å²) in [6, 6.07) is 21.4. The van der Waals surface area contributed by atoms with Gasteiger partial charge in [-0.15, -0.1) is 0 Å². The maximum atomic E-state index is 12.9. The average Bonchev–Trinajstić information content (AvgIpc) is 2.70. The molecule has 2 unspecified atom stereocenters. The Labute approximate surface area is 190 Å². The van der Waals surface area contributed by atoms with E-state index in [1.165, 1.54) is 23.2 Å². The van der Waals surface area contributed by atoms with Gasteiger partial charge in [-0.1, -0.05) is 110 Å². The van der Waals surface area contributed by atoms with Crippen LogP contribution < -0.4 is 10.4 Å². The largest absolute Gasteiger partial charge is 0.407 e. The van der Waals surface area contributed by atoms with Crippen molar-refractivity contribution in [2.75, 3.05) is 6.61 Å². The molecule has 0 amide bonds. The molecule has 0 bridgehead atoms. The van der Waals surface area contributed by atoms with Crippen LogP contribution in [-0.4, -0.2) is 24.6 Å². The lowest BCUT2D eigenvalue weighted by atomic mass is 9.91. The molecule has 156 valence electrons. The van der Waals surface area contributed by atoms with E-state index in [0.29, 0.717) is 22.7 Å². The summed E-state index contributed by atoms with van der Waals surface area (Å²) in [6.07, 6.45) is 5.05. The first kappa shape index (κ1) is 22.7. The quantitative estimate of drug-likeness (QED) is 0.295. The van der Waals surface area contributed by atoms with Crippen LogP contribution in [0.1, 0.15) is 52.9 Å². The topological polar surface area (TPSA) is 26.3 Å². The first-order valence-corrected chi connectivity index (χ1v) is 13.9. The summed E-state index contributed by atoms with van der Waals surface area (Å²) < 4.78 is 7.60. The molecule has 1 saturated carbocycles. The second-order valence-electron chi connectivity index (χ2n) is 9.22. The highest BCUT2D eigenvalue weighted by Gasteiger charge is 2.50. The van der Waals surface area contributed by atoms with Gasteiger partial charge in [0.05, 0.1) is 0 Å². The molecular weight excluding hydrogens is 487 g/mol. The zero-order valence-electron chi connectivity index (χ0n) is 17.9. The summed E-state index contributed by atoms with van der Waals surface area (Å²) in [5.41, 5.74) is 0. The predicted molar refractivity (Wildman–Crippen MR) is 133 cm³/mol. The Bertz CT molecular complexity index is 746. The maximum Gasteiger partial charge on any atom is 0.261 e. The van der Waals surface area contributed by atoms with E-state index >= 15 is 0 Å². The highest BCUT2D eigenvalue weighted by Crippen LogP contribution is 2.37. The second-order valence-corrected chi connectivity index (χ2v) is 15.3. The van der Waals surface area contributed by atoms with E-state index in [1.807, 2.05) is 0 Å². The van der Waals surface area contributed by atoms with Gasteiger partial charge in [-0.05, 0) is 34.7 Å². The van der Waals surface area contributed by atoms with E-state index in [1.54, 1.807) is 0 Å². The maximum absolute atomic E-state index is 12.9. The van der Waals surface area contributed by atoms with Crippen LogP contribution in [0.2, 0.25) is 5.04 Å². The van der Waals surface area contributed by atoms with E-state index in [4.69, 9.17) is 4.43 Å². The highest BCUT2D eigenvalue weighted by molar-refractivity contribution is 14.1. The number of hydrogen-bond donors (Lipinski definition) is 0. The van der Waals surface area contributed by atoms with Crippen molar-refractivity contribution in [1.29, 1.82) is 0 Å². The van der Waals surface area contributed by atoms with Gasteiger partial charge in [-0.3, -0.25) is 4.79 Å². The van der Waals surface area contributed by atoms with Gasteiger partial charge < -0.3 is 4.43 Å². The van der Waals surface area contributed by atoms with Crippen LogP contribution in [0.25, 0.3) is 0 Å². The van der Waals surface area contributed by atoms with E-state index in [-0.39, 0.29) is 11.0 Å². The zero-order valence-corrected chi connectivity index (χ0v) is 21.0. The fourth-order valence-corrected chi connectivity index (χ4v) is 10.2. The van der Waals surface area contributed by atoms with Crippen molar-refractivity contribution < 1.29 is 9.22 Å². The third kappa shape index (κ3) is 5.20. The van der Waals surface area contributed by atoms with E-state index in [9.17, 15) is 4.79 Å². The summed E-state index contributed by atoms with van der Waals surface area (Å²) >= 11 is 2.53. The molecular formula is C25H33IO2Si. The number of rotatable bonds is 5. The summed E-state index contributed by atoms with van der Waals surface area (Å²) in [6.45, 7) is 7.41. The van der Waals surface area contributed by atoms with Gasteiger partial charge in [-0.25, -0.2) is 0 Å². The Morgan fingerprint density at radius 2 is 1.52 bits per heavy atom. The summed E-state index contributed by atoms with van der Waals surface area (Å²) in [5, 5.41) is 2.51. The highest BCUT2D eigenvalue weighted by atomic mass is 127. The SMILES string of the molecule is CC(C)(C)[Si](OCC1CC(I)CCCCC1=O)(c1ccccc1)c1ccccc1. The Balaban J connectivity index is 2.00. The van der Waals surface area contributed by atoms with Gasteiger partial charge >= 0.3 is 0 Å². The van der Waals surface area contributed by atoms with Crippen LogP contribution in [0.5, 0.6) is 0 Å². The molecule has 2 aromatic rings. The van der Waals surface area contributed by atoms with Gasteiger partial charge in [0.25, 0.3) is 8.32 Å². The molecule has 3 rings (SSSR count). The van der Waals surface area contributed by atoms with Gasteiger partial charge in [-0.2, -0.15) is 0 Å². The molecule has 0 radical (unpaired) electrons. The van der Waals surface area contributed by atoms with Crippen LogP contribution in [0, 0.1) is 5.92 Å². The molecule has 1 aliphatic rings. The number of alkyl halides is 1. The van der Waals surface area contributed by atoms with Crippen molar-refractivity contribution in [2.24, 2.45) is 5.92 Å². The van der Waals surface area contributed by atoms with Gasteiger partial charge in [0.15, 0.2) is 0 Å². The molecule has 0 spiro atoms. The first-order chi connectivity index (χ1) is 13.8. The number of ketones is 1. The van der Waals surface area contributed by atoms with E-state index in [0.717, 1.165) is 12.8 Å². The first-order valence-electron chi connectivity index (χ1n) is 10.8. The number of halogens is 1. The van der Waals surface area contributed by atoms with Crippen LogP contribution in [0.15, 0.2) is 60.7 Å². The molecule has 2 atom stereocenters. The molecule has 0 aliphatic heterocycles. The molecule has 4 heteroatoms. The predicted octanol–water partition coefficient (Wildman–Crippen LogP) is 5.52. The lowest BCUT2D eigenvalue weighted by molar-refractivity contribution is -0.124. The molecule has 0 aromatic heterocycles. The van der Waals surface area contributed by atoms with Gasteiger partial charge in [0.1, 0.15) is 5.78 Å². The second kappa shape index (κ2) is 9.88. The third-order valence-electron chi connectivity index (χ3n) is 6.10. The number of benzene rings is 2. The van der Waals surface area contributed by atoms with Crippen LogP contribution >= 0.6 is 22.6 Å². The molecule has 0 N–H and O–H groups in total. The standard InChI is InChI=1S/C25H33IO2Si/c1-25(2,3)29(22-13-6-4-7-14-22,23-15-8-5-9-16-23)28-19-20-18-21(26)12-10-11-17-24(20)27/h4-9,13-16,20-21H,10-12,17-19H2,1-3H3. The monoisotopic (exact) mass is 520 g/mol. The van der Waals surface area contributed by atoms with Crippen molar-refractivity contribution in [3.8, 4) is 0 Å². The Hall–Kier alpha value is -0.983. The minimum Gasteiger partial charge on any atom is -0.407 e. The minimum absolute atomic E-state index is 0.0128. The van der Waals surface area contributed by atoms with E-state index < -0.39 is 8.32 Å². The molecule has 29 heavy (non-hydrogen) atoms. The average molecular weight is 521 g/mol. The van der Waals surface area contributed by atoms with Crippen molar-refractivity contribution >= 4 is 47.1 Å². The molecule has 2 nitrogen and oxygen atoms in total. The lowest BCUT2D eigenvalue weighted by Crippen LogP contribution is -2.67. The van der Waals surface area contributed by atoms with E-state index in [2.05, 4.69) is 104 Å².